The molecule has 1 atom stereocenters. The van der Waals surface area contributed by atoms with Gasteiger partial charge in [0.15, 0.2) is 0 Å². The second kappa shape index (κ2) is 8.27. The average Bonchev–Trinajstić information content (AvgIpc) is 3.17. The van der Waals surface area contributed by atoms with Crippen LogP contribution in [0.1, 0.15) is 23.6 Å². The quantitative estimate of drug-likeness (QED) is 0.710. The third kappa shape index (κ3) is 4.02. The van der Waals surface area contributed by atoms with Crippen LogP contribution in [-0.2, 0) is 4.79 Å². The number of hydrogen-bond donors (Lipinski definition) is 1. The number of aryl methyl sites for hydroxylation is 1. The lowest BCUT2D eigenvalue weighted by Gasteiger charge is -2.36. The van der Waals surface area contributed by atoms with Gasteiger partial charge in [-0.1, -0.05) is 30.3 Å². The van der Waals surface area contributed by atoms with Crippen molar-refractivity contribution >= 4 is 34.4 Å². The largest absolute Gasteiger partial charge is 0.368 e. The van der Waals surface area contributed by atoms with Gasteiger partial charge in [-0.3, -0.25) is 4.79 Å². The molecule has 1 unspecified atom stereocenters. The van der Waals surface area contributed by atoms with Crippen LogP contribution >= 0.6 is 11.8 Å². The first-order chi connectivity index (χ1) is 13.6. The fourth-order valence-electron chi connectivity index (χ4n) is 3.65. The third-order valence-electron chi connectivity index (χ3n) is 5.34. The number of thioether (sulfide) groups is 1. The van der Waals surface area contributed by atoms with E-state index in [-0.39, 0.29) is 11.2 Å². The van der Waals surface area contributed by atoms with Crippen LogP contribution in [0.5, 0.6) is 0 Å². The fraction of sp³-hybridized carbons (Fsp3) is 0.364. The zero-order valence-electron chi connectivity index (χ0n) is 16.4. The minimum atomic E-state index is 0.157. The van der Waals surface area contributed by atoms with Crippen molar-refractivity contribution in [2.45, 2.75) is 19.1 Å². The van der Waals surface area contributed by atoms with Crippen molar-refractivity contribution in [3.8, 4) is 0 Å². The molecule has 0 aliphatic carbocycles. The number of aromatic amines is 1. The predicted molar refractivity (Wildman–Crippen MR) is 117 cm³/mol. The number of hydrogen-bond acceptors (Lipinski definition) is 4. The van der Waals surface area contributed by atoms with Gasteiger partial charge in [0.25, 0.3) is 0 Å². The molecular weight excluding hydrogens is 368 g/mol. The van der Waals surface area contributed by atoms with Gasteiger partial charge in [0.1, 0.15) is 5.82 Å². The van der Waals surface area contributed by atoms with Crippen molar-refractivity contribution < 1.29 is 4.79 Å². The molecule has 1 aromatic heterocycles. The highest BCUT2D eigenvalue weighted by Crippen LogP contribution is 2.28. The van der Waals surface area contributed by atoms with Crippen LogP contribution in [0.4, 0.5) is 5.69 Å². The van der Waals surface area contributed by atoms with Crippen LogP contribution in [0.3, 0.4) is 0 Å². The maximum Gasteiger partial charge on any atom is 0.232 e. The minimum Gasteiger partial charge on any atom is -0.368 e. The molecular formula is C22H26N4OS. The summed E-state index contributed by atoms with van der Waals surface area (Å²) in [5, 5.41) is 0.157. The summed E-state index contributed by atoms with van der Waals surface area (Å²) in [4.78, 5) is 25.1. The number of piperazine rings is 1. The van der Waals surface area contributed by atoms with E-state index < -0.39 is 0 Å². The standard InChI is InChI=1S/C22H26N4OS/c1-16-7-3-6-10-20(16)25-11-13-26(14-12-25)21(27)15-28-17(2)22-23-18-8-4-5-9-19(18)24-22/h3-10,17H,11-15H2,1-2H3,(H,23,24). The van der Waals surface area contributed by atoms with Gasteiger partial charge < -0.3 is 14.8 Å². The monoisotopic (exact) mass is 394 g/mol. The second-order valence-corrected chi connectivity index (χ2v) is 8.58. The van der Waals surface area contributed by atoms with Crippen LogP contribution in [0, 0.1) is 6.92 Å². The summed E-state index contributed by atoms with van der Waals surface area (Å²) >= 11 is 1.65. The first-order valence-corrected chi connectivity index (χ1v) is 10.8. The summed E-state index contributed by atoms with van der Waals surface area (Å²) in [7, 11) is 0. The Labute approximate surface area is 170 Å². The topological polar surface area (TPSA) is 52.2 Å². The van der Waals surface area contributed by atoms with E-state index in [0.717, 1.165) is 43.0 Å². The molecule has 5 nitrogen and oxygen atoms in total. The Bertz CT molecular complexity index is 929. The van der Waals surface area contributed by atoms with E-state index in [1.165, 1.54) is 11.3 Å². The maximum absolute atomic E-state index is 12.7. The molecule has 4 rings (SSSR count). The summed E-state index contributed by atoms with van der Waals surface area (Å²) in [5.41, 5.74) is 4.59. The number of benzene rings is 2. The lowest BCUT2D eigenvalue weighted by Crippen LogP contribution is -2.49. The van der Waals surface area contributed by atoms with Crippen LogP contribution in [0.2, 0.25) is 0 Å². The number of carbonyl (C=O) groups is 1. The van der Waals surface area contributed by atoms with E-state index in [2.05, 4.69) is 53.0 Å². The molecule has 1 saturated heterocycles. The van der Waals surface area contributed by atoms with Gasteiger partial charge in [0.2, 0.25) is 5.91 Å². The first-order valence-electron chi connectivity index (χ1n) is 9.76. The van der Waals surface area contributed by atoms with Gasteiger partial charge in [0, 0.05) is 31.9 Å². The molecule has 0 spiro atoms. The number of imidazole rings is 1. The number of anilines is 1. The molecule has 6 heteroatoms. The zero-order valence-corrected chi connectivity index (χ0v) is 17.2. The van der Waals surface area contributed by atoms with Crippen molar-refractivity contribution in [3.05, 3.63) is 59.9 Å². The predicted octanol–water partition coefficient (Wildman–Crippen LogP) is 4.01. The molecule has 28 heavy (non-hydrogen) atoms. The Balaban J connectivity index is 1.29. The van der Waals surface area contributed by atoms with Gasteiger partial charge >= 0.3 is 0 Å². The van der Waals surface area contributed by atoms with Crippen molar-refractivity contribution in [1.29, 1.82) is 0 Å². The number of nitrogens with zero attached hydrogens (tertiary/aromatic N) is 3. The number of fused-ring (bicyclic) bond motifs is 1. The molecule has 2 heterocycles. The van der Waals surface area contributed by atoms with E-state index in [9.17, 15) is 4.79 Å². The second-order valence-electron chi connectivity index (χ2n) is 7.25. The SMILES string of the molecule is Cc1ccccc1N1CCN(C(=O)CSC(C)c2nc3ccccc3[nH]2)CC1. The number of amides is 1. The number of H-pyrrole nitrogens is 1. The van der Waals surface area contributed by atoms with Gasteiger partial charge in [-0.25, -0.2) is 4.98 Å². The highest BCUT2D eigenvalue weighted by atomic mass is 32.2. The Morgan fingerprint density at radius 1 is 1.11 bits per heavy atom. The molecule has 1 N–H and O–H groups in total. The molecule has 1 aliphatic heterocycles. The molecule has 0 bridgehead atoms. The summed E-state index contributed by atoms with van der Waals surface area (Å²) in [6.45, 7) is 7.59. The normalized spacial score (nSPS) is 15.8. The van der Waals surface area contributed by atoms with Gasteiger partial charge in [-0.05, 0) is 37.6 Å². The van der Waals surface area contributed by atoms with Crippen molar-refractivity contribution in [2.75, 3.05) is 36.8 Å². The van der Waals surface area contributed by atoms with Gasteiger partial charge in [-0.15, -0.1) is 11.8 Å². The van der Waals surface area contributed by atoms with E-state index in [0.29, 0.717) is 5.75 Å². The fourth-order valence-corrected chi connectivity index (χ4v) is 4.49. The summed E-state index contributed by atoms with van der Waals surface area (Å²) in [6.07, 6.45) is 0. The molecule has 1 aliphatic rings. The molecule has 146 valence electrons. The van der Waals surface area contributed by atoms with E-state index in [4.69, 9.17) is 0 Å². The molecule has 3 aromatic rings. The van der Waals surface area contributed by atoms with Crippen LogP contribution in [0.25, 0.3) is 11.0 Å². The molecule has 1 fully saturated rings. The molecule has 1 amide bonds. The number of para-hydroxylation sites is 3. The molecule has 0 radical (unpaired) electrons. The van der Waals surface area contributed by atoms with E-state index >= 15 is 0 Å². The first kappa shape index (κ1) is 18.9. The van der Waals surface area contributed by atoms with Crippen molar-refractivity contribution in [2.24, 2.45) is 0 Å². The maximum atomic E-state index is 12.7. The van der Waals surface area contributed by atoms with Crippen LogP contribution < -0.4 is 4.90 Å². The van der Waals surface area contributed by atoms with E-state index in [1.807, 2.05) is 29.2 Å². The highest BCUT2D eigenvalue weighted by Gasteiger charge is 2.23. The highest BCUT2D eigenvalue weighted by molar-refractivity contribution is 8.00. The van der Waals surface area contributed by atoms with Crippen molar-refractivity contribution in [3.63, 3.8) is 0 Å². The van der Waals surface area contributed by atoms with Gasteiger partial charge in [0.05, 0.1) is 22.0 Å². The van der Waals surface area contributed by atoms with Crippen LogP contribution in [-0.4, -0.2) is 52.7 Å². The Morgan fingerprint density at radius 2 is 1.82 bits per heavy atom. The molecule has 0 saturated carbocycles. The van der Waals surface area contributed by atoms with Crippen molar-refractivity contribution in [1.82, 2.24) is 14.9 Å². The summed E-state index contributed by atoms with van der Waals surface area (Å²) in [5.74, 6) is 1.64. The number of nitrogens with one attached hydrogen (secondary N) is 1. The van der Waals surface area contributed by atoms with Gasteiger partial charge in [-0.2, -0.15) is 0 Å². The van der Waals surface area contributed by atoms with Crippen LogP contribution in [0.15, 0.2) is 48.5 Å². The Kier molecular flexibility index (Phi) is 5.57. The number of carbonyl (C=O) groups excluding carboxylic acids is 1. The lowest BCUT2D eigenvalue weighted by atomic mass is 10.1. The minimum absolute atomic E-state index is 0.157. The molecule has 2 aromatic carbocycles. The third-order valence-corrected chi connectivity index (χ3v) is 6.47. The lowest BCUT2D eigenvalue weighted by molar-refractivity contribution is -0.128. The number of rotatable bonds is 5. The Hall–Kier alpha value is -2.47. The smallest absolute Gasteiger partial charge is 0.232 e. The zero-order chi connectivity index (χ0) is 19.5. The van der Waals surface area contributed by atoms with E-state index in [1.54, 1.807) is 11.8 Å². The summed E-state index contributed by atoms with van der Waals surface area (Å²) < 4.78 is 0. The average molecular weight is 395 g/mol. The summed E-state index contributed by atoms with van der Waals surface area (Å²) in [6, 6.07) is 16.5. The number of aromatic nitrogens is 2. The Morgan fingerprint density at radius 3 is 2.57 bits per heavy atom.